The van der Waals surface area contributed by atoms with E-state index in [0.717, 1.165) is 71.7 Å². The van der Waals surface area contributed by atoms with Gasteiger partial charge in [-0.25, -0.2) is 0 Å². The minimum absolute atomic E-state index is 0.349. The van der Waals surface area contributed by atoms with Gasteiger partial charge in [0.25, 0.3) is 0 Å². The zero-order valence-corrected chi connectivity index (χ0v) is 16.8. The van der Waals surface area contributed by atoms with Gasteiger partial charge in [0, 0.05) is 65.1 Å². The van der Waals surface area contributed by atoms with Crippen molar-refractivity contribution in [1.82, 2.24) is 14.7 Å². The molecule has 148 valence electrons. The minimum Gasteiger partial charge on any atom is -0.384 e. The van der Waals surface area contributed by atoms with E-state index in [1.165, 1.54) is 11.1 Å². The van der Waals surface area contributed by atoms with Gasteiger partial charge in [0.1, 0.15) is 5.54 Å². The summed E-state index contributed by atoms with van der Waals surface area (Å²) < 4.78 is 5.34. The van der Waals surface area contributed by atoms with E-state index in [-0.39, 0.29) is 5.54 Å². The molecule has 0 bridgehead atoms. The van der Waals surface area contributed by atoms with E-state index in [1.807, 2.05) is 0 Å². The Labute approximate surface area is 163 Å². The predicted molar refractivity (Wildman–Crippen MR) is 107 cm³/mol. The molecule has 0 spiro atoms. The average Bonchev–Trinajstić information content (AvgIpc) is 3.33. The SMILES string of the molecule is CCN1CCN(C2(C(=O)N3CC[C@@H](COC)C3)Cc3ccccc3C2)CC1. The van der Waals surface area contributed by atoms with Crippen molar-refractivity contribution in [3.63, 3.8) is 0 Å². The largest absolute Gasteiger partial charge is 0.384 e. The molecule has 1 aromatic rings. The third-order valence-corrected chi connectivity index (χ3v) is 6.88. The highest BCUT2D eigenvalue weighted by Gasteiger charge is 2.51. The van der Waals surface area contributed by atoms with Crippen LogP contribution in [0.1, 0.15) is 24.5 Å². The summed E-state index contributed by atoms with van der Waals surface area (Å²) in [6, 6.07) is 8.65. The van der Waals surface area contributed by atoms with Crippen LogP contribution in [0.15, 0.2) is 24.3 Å². The summed E-state index contributed by atoms with van der Waals surface area (Å²) in [7, 11) is 1.76. The molecule has 0 unspecified atom stereocenters. The molecule has 4 rings (SSSR count). The number of likely N-dealkylation sites (tertiary alicyclic amines) is 1. The zero-order chi connectivity index (χ0) is 18.9. The smallest absolute Gasteiger partial charge is 0.243 e. The number of methoxy groups -OCH3 is 1. The predicted octanol–water partition coefficient (Wildman–Crippen LogP) is 1.66. The Morgan fingerprint density at radius 3 is 2.37 bits per heavy atom. The van der Waals surface area contributed by atoms with Crippen LogP contribution in [0, 0.1) is 5.92 Å². The molecule has 1 aliphatic carbocycles. The van der Waals surface area contributed by atoms with E-state index < -0.39 is 0 Å². The molecular weight excluding hydrogens is 338 g/mol. The number of carbonyl (C=O) groups excluding carboxylic acids is 1. The summed E-state index contributed by atoms with van der Waals surface area (Å²) in [6.07, 6.45) is 2.78. The fraction of sp³-hybridized carbons (Fsp3) is 0.682. The van der Waals surface area contributed by atoms with Crippen LogP contribution in [-0.2, 0) is 22.4 Å². The van der Waals surface area contributed by atoms with Gasteiger partial charge in [0.2, 0.25) is 5.91 Å². The molecule has 1 aromatic carbocycles. The number of rotatable bonds is 5. The lowest BCUT2D eigenvalue weighted by Crippen LogP contribution is -2.64. The standard InChI is InChI=1S/C22H33N3O2/c1-3-23-10-12-25(13-11-23)22(14-19-6-4-5-7-20(19)15-22)21(26)24-9-8-18(16-24)17-27-2/h4-7,18H,3,8-17H2,1-2H3/t18-/m1/s1. The molecule has 0 N–H and O–H groups in total. The second-order valence-electron chi connectivity index (χ2n) is 8.44. The number of hydrogen-bond acceptors (Lipinski definition) is 4. The van der Waals surface area contributed by atoms with Gasteiger partial charge in [-0.2, -0.15) is 0 Å². The topological polar surface area (TPSA) is 36.0 Å². The molecule has 0 aromatic heterocycles. The molecule has 2 heterocycles. The monoisotopic (exact) mass is 371 g/mol. The average molecular weight is 372 g/mol. The molecule has 1 amide bonds. The molecule has 2 saturated heterocycles. The number of amides is 1. The highest BCUT2D eigenvalue weighted by atomic mass is 16.5. The van der Waals surface area contributed by atoms with E-state index in [0.29, 0.717) is 11.8 Å². The molecule has 2 aliphatic heterocycles. The van der Waals surface area contributed by atoms with Crippen LogP contribution in [0.4, 0.5) is 0 Å². The molecule has 2 fully saturated rings. The van der Waals surface area contributed by atoms with Gasteiger partial charge in [-0.1, -0.05) is 31.2 Å². The summed E-state index contributed by atoms with van der Waals surface area (Å²) >= 11 is 0. The number of nitrogens with zero attached hydrogens (tertiary/aromatic N) is 3. The highest BCUT2D eigenvalue weighted by Crippen LogP contribution is 2.38. The minimum atomic E-state index is -0.383. The quantitative estimate of drug-likeness (QED) is 0.789. The van der Waals surface area contributed by atoms with E-state index in [4.69, 9.17) is 4.74 Å². The van der Waals surface area contributed by atoms with Crippen molar-refractivity contribution in [2.75, 3.05) is 59.5 Å². The number of piperazine rings is 1. The normalized spacial score (nSPS) is 25.7. The van der Waals surface area contributed by atoms with Gasteiger partial charge in [-0.3, -0.25) is 9.69 Å². The van der Waals surface area contributed by atoms with Crippen LogP contribution >= 0.6 is 0 Å². The molecule has 5 heteroatoms. The van der Waals surface area contributed by atoms with Crippen molar-refractivity contribution in [2.24, 2.45) is 5.92 Å². The van der Waals surface area contributed by atoms with Gasteiger partial charge < -0.3 is 14.5 Å². The Kier molecular flexibility index (Phi) is 5.53. The van der Waals surface area contributed by atoms with Crippen LogP contribution in [0.3, 0.4) is 0 Å². The van der Waals surface area contributed by atoms with Crippen molar-refractivity contribution >= 4 is 5.91 Å². The third-order valence-electron chi connectivity index (χ3n) is 6.88. The highest BCUT2D eigenvalue weighted by molar-refractivity contribution is 5.88. The first-order chi connectivity index (χ1) is 13.2. The summed E-state index contributed by atoms with van der Waals surface area (Å²) in [5.74, 6) is 0.832. The Bertz CT molecular complexity index is 644. The molecule has 0 radical (unpaired) electrons. The van der Waals surface area contributed by atoms with Gasteiger partial charge in [0.05, 0.1) is 6.61 Å². The summed E-state index contributed by atoms with van der Waals surface area (Å²) in [4.78, 5) is 21.0. The Morgan fingerprint density at radius 1 is 1.11 bits per heavy atom. The van der Waals surface area contributed by atoms with Crippen LogP contribution in [0.25, 0.3) is 0 Å². The fourth-order valence-electron chi connectivity index (χ4n) is 5.28. The van der Waals surface area contributed by atoms with Crippen molar-refractivity contribution in [1.29, 1.82) is 0 Å². The fourth-order valence-corrected chi connectivity index (χ4v) is 5.28. The zero-order valence-electron chi connectivity index (χ0n) is 16.8. The Balaban J connectivity index is 1.57. The first-order valence-electron chi connectivity index (χ1n) is 10.5. The van der Waals surface area contributed by atoms with Crippen LogP contribution < -0.4 is 0 Å². The third kappa shape index (κ3) is 3.53. The van der Waals surface area contributed by atoms with E-state index in [1.54, 1.807) is 7.11 Å². The summed E-state index contributed by atoms with van der Waals surface area (Å²) in [5.41, 5.74) is 2.33. The summed E-state index contributed by atoms with van der Waals surface area (Å²) in [6.45, 7) is 9.90. The van der Waals surface area contributed by atoms with Gasteiger partial charge >= 0.3 is 0 Å². The maximum Gasteiger partial charge on any atom is 0.243 e. The number of hydrogen-bond donors (Lipinski definition) is 0. The van der Waals surface area contributed by atoms with Crippen LogP contribution in [0.5, 0.6) is 0 Å². The van der Waals surface area contributed by atoms with Crippen molar-refractivity contribution in [3.05, 3.63) is 35.4 Å². The lowest BCUT2D eigenvalue weighted by Gasteiger charge is -2.46. The van der Waals surface area contributed by atoms with Gasteiger partial charge in [-0.15, -0.1) is 0 Å². The van der Waals surface area contributed by atoms with E-state index >= 15 is 0 Å². The lowest BCUT2D eigenvalue weighted by molar-refractivity contribution is -0.145. The number of benzene rings is 1. The first kappa shape index (κ1) is 18.9. The Hall–Kier alpha value is -1.43. The summed E-state index contributed by atoms with van der Waals surface area (Å²) in [5, 5.41) is 0. The number of ether oxygens (including phenoxy) is 1. The molecular formula is C22H33N3O2. The maximum absolute atomic E-state index is 13.9. The number of likely N-dealkylation sites (N-methyl/N-ethyl adjacent to an activating group) is 1. The lowest BCUT2D eigenvalue weighted by atomic mass is 9.90. The van der Waals surface area contributed by atoms with Crippen molar-refractivity contribution in [2.45, 2.75) is 31.7 Å². The first-order valence-corrected chi connectivity index (χ1v) is 10.5. The van der Waals surface area contributed by atoms with Crippen molar-refractivity contribution < 1.29 is 9.53 Å². The van der Waals surface area contributed by atoms with Crippen molar-refractivity contribution in [3.8, 4) is 0 Å². The number of carbonyl (C=O) groups is 1. The molecule has 27 heavy (non-hydrogen) atoms. The molecule has 3 aliphatic rings. The van der Waals surface area contributed by atoms with Gasteiger partial charge in [-0.05, 0) is 24.1 Å². The molecule has 5 nitrogen and oxygen atoms in total. The van der Waals surface area contributed by atoms with Gasteiger partial charge in [0.15, 0.2) is 0 Å². The Morgan fingerprint density at radius 2 is 1.78 bits per heavy atom. The van der Waals surface area contributed by atoms with Crippen LogP contribution in [-0.4, -0.2) is 85.7 Å². The van der Waals surface area contributed by atoms with E-state index in [2.05, 4.69) is 45.9 Å². The second kappa shape index (κ2) is 7.90. The van der Waals surface area contributed by atoms with E-state index in [9.17, 15) is 4.79 Å². The van der Waals surface area contributed by atoms with Crippen LogP contribution in [0.2, 0.25) is 0 Å². The maximum atomic E-state index is 13.9. The molecule has 1 atom stereocenters. The second-order valence-corrected chi connectivity index (χ2v) is 8.44. The molecule has 0 saturated carbocycles. The number of fused-ring (bicyclic) bond motifs is 1.